The van der Waals surface area contributed by atoms with Crippen molar-refractivity contribution in [2.75, 3.05) is 46.1 Å². The molecule has 0 heterocycles. The Labute approximate surface area is 97.6 Å². The standard InChI is InChI=1S/C11H25NO4/c1-2-3-8-16-10-11(15)9-12(4-6-13)5-7-14/h11,13-15H,2-10H2,1H3/p+1. The molecule has 0 aliphatic rings. The quantitative estimate of drug-likeness (QED) is 0.314. The van der Waals surface area contributed by atoms with E-state index in [4.69, 9.17) is 14.9 Å². The van der Waals surface area contributed by atoms with Crippen LogP contribution >= 0.6 is 0 Å². The predicted octanol–water partition coefficient (Wildman–Crippen LogP) is -1.97. The summed E-state index contributed by atoms with van der Waals surface area (Å²) in [6, 6.07) is 0. The highest BCUT2D eigenvalue weighted by Gasteiger charge is 2.14. The van der Waals surface area contributed by atoms with Crippen LogP contribution < -0.4 is 4.90 Å². The molecule has 4 N–H and O–H groups in total. The number of hydrogen-bond acceptors (Lipinski definition) is 4. The molecule has 0 saturated carbocycles. The van der Waals surface area contributed by atoms with Crippen molar-refractivity contribution in [1.29, 1.82) is 0 Å². The SMILES string of the molecule is CCCCOCC(O)C[NH+](CCO)CCO. The fraction of sp³-hybridized carbons (Fsp3) is 1.00. The number of quaternary nitrogens is 1. The molecule has 0 aromatic carbocycles. The predicted molar refractivity (Wildman–Crippen MR) is 61.5 cm³/mol. The van der Waals surface area contributed by atoms with Crippen LogP contribution in [0.4, 0.5) is 0 Å². The Bertz CT molecular complexity index is 140. The molecule has 0 saturated heterocycles. The normalized spacial score (nSPS) is 13.3. The van der Waals surface area contributed by atoms with Gasteiger partial charge < -0.3 is 25.0 Å². The average molecular weight is 236 g/mol. The Hall–Kier alpha value is -0.200. The second-order valence-electron chi connectivity index (χ2n) is 3.98. The minimum atomic E-state index is -0.523. The molecule has 16 heavy (non-hydrogen) atoms. The van der Waals surface area contributed by atoms with E-state index in [1.54, 1.807) is 0 Å². The molecule has 0 radical (unpaired) electrons. The van der Waals surface area contributed by atoms with Crippen LogP contribution in [0.3, 0.4) is 0 Å². The highest BCUT2D eigenvalue weighted by atomic mass is 16.5. The zero-order chi connectivity index (χ0) is 12.2. The summed E-state index contributed by atoms with van der Waals surface area (Å²) in [5.41, 5.74) is 0. The van der Waals surface area contributed by atoms with Gasteiger partial charge in [-0.15, -0.1) is 0 Å². The number of aliphatic hydroxyl groups excluding tert-OH is 3. The third kappa shape index (κ3) is 9.06. The van der Waals surface area contributed by atoms with Gasteiger partial charge >= 0.3 is 0 Å². The molecule has 0 fully saturated rings. The monoisotopic (exact) mass is 236 g/mol. The number of hydrogen-bond donors (Lipinski definition) is 4. The van der Waals surface area contributed by atoms with E-state index in [1.807, 2.05) is 0 Å². The van der Waals surface area contributed by atoms with Crippen LogP contribution in [0.1, 0.15) is 19.8 Å². The maximum absolute atomic E-state index is 9.66. The first kappa shape index (κ1) is 15.8. The lowest BCUT2D eigenvalue weighted by Gasteiger charge is -2.20. The lowest BCUT2D eigenvalue weighted by molar-refractivity contribution is -0.903. The number of unbranched alkanes of at least 4 members (excludes halogenated alkanes) is 1. The van der Waals surface area contributed by atoms with Crippen molar-refractivity contribution >= 4 is 0 Å². The minimum Gasteiger partial charge on any atom is -0.391 e. The van der Waals surface area contributed by atoms with Gasteiger partial charge in [-0.2, -0.15) is 0 Å². The summed E-state index contributed by atoms with van der Waals surface area (Å²) in [6.07, 6.45) is 1.57. The number of nitrogens with one attached hydrogen (secondary N) is 1. The van der Waals surface area contributed by atoms with E-state index in [0.29, 0.717) is 32.8 Å². The van der Waals surface area contributed by atoms with Gasteiger partial charge in [0.25, 0.3) is 0 Å². The van der Waals surface area contributed by atoms with Crippen LogP contribution in [-0.2, 0) is 4.74 Å². The molecule has 1 atom stereocenters. The lowest BCUT2D eigenvalue weighted by Crippen LogP contribution is -3.14. The van der Waals surface area contributed by atoms with Crippen molar-refractivity contribution in [3.8, 4) is 0 Å². The number of aliphatic hydroxyl groups is 3. The maximum Gasteiger partial charge on any atom is 0.126 e. The van der Waals surface area contributed by atoms with Crippen LogP contribution in [0, 0.1) is 0 Å². The van der Waals surface area contributed by atoms with E-state index in [9.17, 15) is 5.11 Å². The Morgan fingerprint density at radius 3 is 2.31 bits per heavy atom. The topological polar surface area (TPSA) is 74.4 Å². The highest BCUT2D eigenvalue weighted by molar-refractivity contribution is 4.50. The van der Waals surface area contributed by atoms with Gasteiger partial charge in [-0.05, 0) is 6.42 Å². The molecule has 0 bridgehead atoms. The number of ether oxygens (including phenoxy) is 1. The Morgan fingerprint density at radius 1 is 1.19 bits per heavy atom. The summed E-state index contributed by atoms with van der Waals surface area (Å²) in [5, 5.41) is 27.3. The number of rotatable bonds is 11. The molecule has 0 amide bonds. The van der Waals surface area contributed by atoms with Crippen molar-refractivity contribution in [2.24, 2.45) is 0 Å². The molecule has 1 unspecified atom stereocenters. The summed E-state index contributed by atoms with van der Waals surface area (Å²) in [7, 11) is 0. The first-order chi connectivity index (χ1) is 7.74. The third-order valence-corrected chi connectivity index (χ3v) is 2.41. The van der Waals surface area contributed by atoms with E-state index >= 15 is 0 Å². The summed E-state index contributed by atoms with van der Waals surface area (Å²) < 4.78 is 5.30. The molecule has 0 aromatic rings. The van der Waals surface area contributed by atoms with Crippen molar-refractivity contribution in [1.82, 2.24) is 0 Å². The molecule has 5 nitrogen and oxygen atoms in total. The van der Waals surface area contributed by atoms with Gasteiger partial charge in [-0.1, -0.05) is 13.3 Å². The second-order valence-corrected chi connectivity index (χ2v) is 3.98. The first-order valence-corrected chi connectivity index (χ1v) is 6.05. The van der Waals surface area contributed by atoms with E-state index in [1.165, 1.54) is 0 Å². The van der Waals surface area contributed by atoms with Crippen LogP contribution in [0.5, 0.6) is 0 Å². The van der Waals surface area contributed by atoms with E-state index in [0.717, 1.165) is 17.7 Å². The van der Waals surface area contributed by atoms with E-state index in [2.05, 4.69) is 6.92 Å². The van der Waals surface area contributed by atoms with Crippen LogP contribution in [0.2, 0.25) is 0 Å². The molecular formula is C11H26NO4+. The molecule has 98 valence electrons. The molecular weight excluding hydrogens is 210 g/mol. The van der Waals surface area contributed by atoms with Gasteiger partial charge in [0.05, 0.1) is 19.8 Å². The van der Waals surface area contributed by atoms with Gasteiger partial charge in [-0.3, -0.25) is 0 Å². The van der Waals surface area contributed by atoms with E-state index < -0.39 is 6.10 Å². The molecule has 5 heteroatoms. The fourth-order valence-corrected chi connectivity index (χ4v) is 1.50. The highest BCUT2D eigenvalue weighted by Crippen LogP contribution is 1.89. The fourth-order valence-electron chi connectivity index (χ4n) is 1.50. The molecule has 0 aliphatic carbocycles. The summed E-state index contributed by atoms with van der Waals surface area (Å²) in [5.74, 6) is 0. The zero-order valence-electron chi connectivity index (χ0n) is 10.2. The van der Waals surface area contributed by atoms with E-state index in [-0.39, 0.29) is 13.2 Å². The molecule has 0 aromatic heterocycles. The summed E-state index contributed by atoms with van der Waals surface area (Å²) in [4.78, 5) is 0.997. The van der Waals surface area contributed by atoms with Gasteiger partial charge in [0, 0.05) is 6.61 Å². The van der Waals surface area contributed by atoms with Gasteiger partial charge in [0.15, 0.2) is 0 Å². The van der Waals surface area contributed by atoms with Crippen LogP contribution in [0.15, 0.2) is 0 Å². The Morgan fingerprint density at radius 2 is 1.81 bits per heavy atom. The summed E-state index contributed by atoms with van der Waals surface area (Å²) >= 11 is 0. The Balaban J connectivity index is 3.59. The summed E-state index contributed by atoms with van der Waals surface area (Å²) in [6.45, 7) is 4.85. The van der Waals surface area contributed by atoms with Crippen molar-refractivity contribution in [2.45, 2.75) is 25.9 Å². The van der Waals surface area contributed by atoms with Crippen molar-refractivity contribution < 1.29 is 25.0 Å². The van der Waals surface area contributed by atoms with Crippen molar-refractivity contribution in [3.63, 3.8) is 0 Å². The molecule has 0 spiro atoms. The minimum absolute atomic E-state index is 0.0682. The van der Waals surface area contributed by atoms with Gasteiger partial charge in [0.2, 0.25) is 0 Å². The average Bonchev–Trinajstić information content (AvgIpc) is 2.25. The largest absolute Gasteiger partial charge is 0.391 e. The zero-order valence-corrected chi connectivity index (χ0v) is 10.2. The smallest absolute Gasteiger partial charge is 0.126 e. The Kier molecular flexibility index (Phi) is 11.1. The maximum atomic E-state index is 9.66. The molecule has 0 aliphatic heterocycles. The van der Waals surface area contributed by atoms with Crippen LogP contribution in [0.25, 0.3) is 0 Å². The van der Waals surface area contributed by atoms with Crippen molar-refractivity contribution in [3.05, 3.63) is 0 Å². The second kappa shape index (κ2) is 11.3. The lowest BCUT2D eigenvalue weighted by atomic mass is 10.3. The third-order valence-electron chi connectivity index (χ3n) is 2.41. The first-order valence-electron chi connectivity index (χ1n) is 6.05. The molecule has 0 rings (SSSR count). The van der Waals surface area contributed by atoms with Gasteiger partial charge in [0.1, 0.15) is 25.7 Å². The van der Waals surface area contributed by atoms with Crippen LogP contribution in [-0.4, -0.2) is 67.5 Å². The van der Waals surface area contributed by atoms with Gasteiger partial charge in [-0.25, -0.2) is 0 Å².